The number of benzene rings is 2. The highest BCUT2D eigenvalue weighted by atomic mass is 19.1. The topological polar surface area (TPSA) is 59.0 Å². The molecule has 5 nitrogen and oxygen atoms in total. The second-order valence-electron chi connectivity index (χ2n) is 6.36. The molecule has 1 fully saturated rings. The van der Waals surface area contributed by atoms with Gasteiger partial charge in [-0.2, -0.15) is 0 Å². The first kappa shape index (κ1) is 19.3. The maximum Gasteiger partial charge on any atom is 0.304 e. The molecule has 0 bridgehead atoms. The van der Waals surface area contributed by atoms with Gasteiger partial charge in [-0.1, -0.05) is 18.2 Å². The van der Waals surface area contributed by atoms with Crippen LogP contribution in [0, 0.1) is 11.6 Å². The summed E-state index contributed by atoms with van der Waals surface area (Å²) < 4.78 is 38.5. The van der Waals surface area contributed by atoms with Crippen LogP contribution >= 0.6 is 0 Å². The van der Waals surface area contributed by atoms with Crippen LogP contribution in [0.3, 0.4) is 0 Å². The fourth-order valence-electron chi connectivity index (χ4n) is 2.97. The maximum absolute atomic E-state index is 13.6. The van der Waals surface area contributed by atoms with E-state index in [2.05, 4.69) is 4.90 Å². The lowest BCUT2D eigenvalue weighted by atomic mass is 10.1. The number of hydrogen-bond donors (Lipinski definition) is 1. The maximum atomic E-state index is 13.6. The van der Waals surface area contributed by atoms with Gasteiger partial charge in [0.15, 0.2) is 0 Å². The lowest BCUT2D eigenvalue weighted by Gasteiger charge is -2.32. The number of carbonyl (C=O) groups is 1. The Balaban J connectivity index is 1.57. The smallest absolute Gasteiger partial charge is 0.304 e. The van der Waals surface area contributed by atoms with Gasteiger partial charge in [0.2, 0.25) is 0 Å². The fraction of sp³-hybridized carbons (Fsp3) is 0.350. The van der Waals surface area contributed by atoms with E-state index in [9.17, 15) is 13.6 Å². The number of hydrogen-bond acceptors (Lipinski definition) is 4. The normalized spacial score (nSPS) is 17.6. The Kier molecular flexibility index (Phi) is 6.36. The molecule has 1 atom stereocenters. The molecule has 2 aromatic rings. The van der Waals surface area contributed by atoms with Gasteiger partial charge in [0.05, 0.1) is 24.7 Å². The van der Waals surface area contributed by atoms with E-state index in [0.29, 0.717) is 32.0 Å². The second kappa shape index (κ2) is 8.92. The van der Waals surface area contributed by atoms with E-state index < -0.39 is 17.6 Å². The Morgan fingerprint density at radius 2 is 1.89 bits per heavy atom. The third kappa shape index (κ3) is 5.24. The van der Waals surface area contributed by atoms with Crippen molar-refractivity contribution in [2.45, 2.75) is 19.1 Å². The van der Waals surface area contributed by atoms with Crippen LogP contribution in [0.25, 0.3) is 0 Å². The fourth-order valence-corrected chi connectivity index (χ4v) is 2.97. The van der Waals surface area contributed by atoms with Gasteiger partial charge in [0, 0.05) is 19.6 Å². The van der Waals surface area contributed by atoms with Crippen LogP contribution in [0.15, 0.2) is 42.5 Å². The first-order chi connectivity index (χ1) is 13.0. The van der Waals surface area contributed by atoms with Crippen LogP contribution in [0.2, 0.25) is 0 Å². The minimum absolute atomic E-state index is 0.103. The van der Waals surface area contributed by atoms with Gasteiger partial charge in [-0.3, -0.25) is 9.69 Å². The van der Waals surface area contributed by atoms with E-state index in [4.69, 9.17) is 14.6 Å². The molecule has 1 aliphatic rings. The highest BCUT2D eigenvalue weighted by molar-refractivity contribution is 5.66. The van der Waals surface area contributed by atoms with Crippen molar-refractivity contribution in [1.82, 2.24) is 4.90 Å². The molecule has 1 aliphatic heterocycles. The number of nitrogens with zero attached hydrogens (tertiary/aromatic N) is 1. The van der Waals surface area contributed by atoms with Crippen LogP contribution in [0.1, 0.15) is 23.7 Å². The molecule has 7 heteroatoms. The molecule has 1 N–H and O–H groups in total. The molecule has 27 heavy (non-hydrogen) atoms. The summed E-state index contributed by atoms with van der Waals surface area (Å²) in [6.07, 6.45) is -0.0443. The molecule has 0 aliphatic carbocycles. The zero-order valence-electron chi connectivity index (χ0n) is 14.7. The van der Waals surface area contributed by atoms with E-state index in [1.807, 2.05) is 12.1 Å². The van der Waals surface area contributed by atoms with E-state index in [-0.39, 0.29) is 24.7 Å². The first-order valence-corrected chi connectivity index (χ1v) is 8.74. The Morgan fingerprint density at radius 1 is 1.19 bits per heavy atom. The average Bonchev–Trinajstić information content (AvgIpc) is 2.67. The van der Waals surface area contributed by atoms with Crippen molar-refractivity contribution in [2.24, 2.45) is 0 Å². The number of carboxylic acids is 1. The molecule has 1 heterocycles. The monoisotopic (exact) mass is 377 g/mol. The number of halogens is 2. The zero-order valence-corrected chi connectivity index (χ0v) is 14.7. The van der Waals surface area contributed by atoms with Crippen molar-refractivity contribution < 1.29 is 28.2 Å². The van der Waals surface area contributed by atoms with Crippen LogP contribution in [0.5, 0.6) is 5.75 Å². The average molecular weight is 377 g/mol. The van der Waals surface area contributed by atoms with Crippen LogP contribution < -0.4 is 4.74 Å². The Bertz CT molecular complexity index is 762. The van der Waals surface area contributed by atoms with E-state index in [1.165, 1.54) is 18.2 Å². The minimum Gasteiger partial charge on any atom is -0.489 e. The van der Waals surface area contributed by atoms with E-state index in [0.717, 1.165) is 5.56 Å². The molecule has 0 radical (unpaired) electrons. The second-order valence-corrected chi connectivity index (χ2v) is 6.36. The van der Waals surface area contributed by atoms with Crippen LogP contribution in [-0.2, 0) is 16.1 Å². The van der Waals surface area contributed by atoms with Crippen LogP contribution in [-0.4, -0.2) is 42.2 Å². The Morgan fingerprint density at radius 3 is 2.56 bits per heavy atom. The molecule has 3 rings (SSSR count). The molecule has 1 unspecified atom stereocenters. The number of carboxylic acid groups (broad SMARTS) is 1. The number of ether oxygens (including phenoxy) is 2. The number of aliphatic carboxylic acids is 1. The standard InChI is InChI=1S/C20H21F2NO4/c21-17-2-1-3-18(22)16(17)13-27-15-6-4-14(5-7-15)19-12-23(10-11-26-19)9-8-20(24)25/h1-7,19H,8-13H2,(H,24,25). The van der Waals surface area contributed by atoms with Crippen molar-refractivity contribution in [3.05, 3.63) is 65.2 Å². The summed E-state index contributed by atoms with van der Waals surface area (Å²) in [6, 6.07) is 10.9. The van der Waals surface area contributed by atoms with Gasteiger partial charge >= 0.3 is 5.97 Å². The molecule has 0 aromatic heterocycles. The highest BCUT2D eigenvalue weighted by Crippen LogP contribution is 2.25. The Labute approximate surface area is 156 Å². The van der Waals surface area contributed by atoms with Crippen molar-refractivity contribution in [3.63, 3.8) is 0 Å². The molecular weight excluding hydrogens is 356 g/mol. The van der Waals surface area contributed by atoms with Gasteiger partial charge in [-0.15, -0.1) is 0 Å². The number of rotatable bonds is 7. The van der Waals surface area contributed by atoms with Crippen molar-refractivity contribution in [1.29, 1.82) is 0 Å². The van der Waals surface area contributed by atoms with Gasteiger partial charge in [0.25, 0.3) is 0 Å². The van der Waals surface area contributed by atoms with Crippen molar-refractivity contribution in [3.8, 4) is 5.75 Å². The number of morpholine rings is 1. The van der Waals surface area contributed by atoms with Gasteiger partial charge in [0.1, 0.15) is 24.0 Å². The molecule has 0 amide bonds. The summed E-state index contributed by atoms with van der Waals surface area (Å²) in [5.74, 6) is -1.59. The predicted molar refractivity (Wildman–Crippen MR) is 94.5 cm³/mol. The zero-order chi connectivity index (χ0) is 19.2. The summed E-state index contributed by atoms with van der Waals surface area (Å²) in [5.41, 5.74) is 0.839. The molecule has 2 aromatic carbocycles. The lowest BCUT2D eigenvalue weighted by molar-refractivity contribution is -0.137. The van der Waals surface area contributed by atoms with Crippen molar-refractivity contribution in [2.75, 3.05) is 26.2 Å². The van der Waals surface area contributed by atoms with E-state index in [1.54, 1.807) is 12.1 Å². The quantitative estimate of drug-likeness (QED) is 0.802. The van der Waals surface area contributed by atoms with E-state index >= 15 is 0 Å². The summed E-state index contributed by atoms with van der Waals surface area (Å²) in [4.78, 5) is 12.8. The third-order valence-electron chi connectivity index (χ3n) is 4.49. The minimum atomic E-state index is -0.814. The van der Waals surface area contributed by atoms with Gasteiger partial charge in [-0.25, -0.2) is 8.78 Å². The van der Waals surface area contributed by atoms with Gasteiger partial charge < -0.3 is 14.6 Å². The molecule has 144 valence electrons. The highest BCUT2D eigenvalue weighted by Gasteiger charge is 2.22. The third-order valence-corrected chi connectivity index (χ3v) is 4.49. The Hall–Kier alpha value is -2.51. The molecular formula is C20H21F2NO4. The first-order valence-electron chi connectivity index (χ1n) is 8.74. The van der Waals surface area contributed by atoms with Crippen LogP contribution in [0.4, 0.5) is 8.78 Å². The summed E-state index contributed by atoms with van der Waals surface area (Å²) in [5, 5.41) is 8.81. The molecule has 0 spiro atoms. The SMILES string of the molecule is O=C(O)CCN1CCOC(c2ccc(OCc3c(F)cccc3F)cc2)C1. The predicted octanol–water partition coefficient (Wildman–Crippen LogP) is 3.39. The van der Waals surface area contributed by atoms with Crippen molar-refractivity contribution >= 4 is 5.97 Å². The molecule has 0 saturated carbocycles. The lowest BCUT2D eigenvalue weighted by Crippen LogP contribution is -2.39. The largest absolute Gasteiger partial charge is 0.489 e. The summed E-state index contributed by atoms with van der Waals surface area (Å²) in [6.45, 7) is 2.16. The molecule has 1 saturated heterocycles. The summed E-state index contributed by atoms with van der Waals surface area (Å²) in [7, 11) is 0. The summed E-state index contributed by atoms with van der Waals surface area (Å²) >= 11 is 0. The van der Waals surface area contributed by atoms with Gasteiger partial charge in [-0.05, 0) is 29.8 Å².